The number of hydrogen-bond acceptors (Lipinski definition) is 5. The number of H-pyrrole nitrogens is 1. The number of rotatable bonds is 7. The van der Waals surface area contributed by atoms with Crippen LogP contribution >= 0.6 is 0 Å². The molecular formula is C24H22N6O3. The predicted octanol–water partition coefficient (Wildman–Crippen LogP) is 4.13. The molecule has 2 aromatic carbocycles. The highest BCUT2D eigenvalue weighted by Gasteiger charge is 2.42. The summed E-state index contributed by atoms with van der Waals surface area (Å²) >= 11 is 0. The van der Waals surface area contributed by atoms with Crippen LogP contribution in [-0.4, -0.2) is 42.0 Å². The number of non-ortho nitro benzene ring substituents is 1. The van der Waals surface area contributed by atoms with Gasteiger partial charge in [-0.1, -0.05) is 42.0 Å². The highest BCUT2D eigenvalue weighted by molar-refractivity contribution is 6.00. The molecule has 166 valence electrons. The average molecular weight is 442 g/mol. The molecule has 1 N–H and O–H groups in total. The van der Waals surface area contributed by atoms with Gasteiger partial charge in [0, 0.05) is 48.7 Å². The third-order valence-electron chi connectivity index (χ3n) is 5.96. The van der Waals surface area contributed by atoms with Crippen molar-refractivity contribution >= 4 is 11.6 Å². The van der Waals surface area contributed by atoms with Gasteiger partial charge in [-0.2, -0.15) is 5.10 Å². The third-order valence-corrected chi connectivity index (χ3v) is 5.96. The van der Waals surface area contributed by atoms with E-state index in [1.807, 2.05) is 48.0 Å². The first-order valence-corrected chi connectivity index (χ1v) is 10.7. The standard InChI is InChI=1S/C24H22N6O3/c1-16-6-8-17(9-7-16)21-20-22(27-26-21)24(31)29(12-3-11-28-13-10-25-15-28)23(20)18-4-2-5-19(14-18)30(32)33/h2,4-10,13-15,23H,3,11-12H2,1H3,(H,26,27). The molecule has 0 bridgehead atoms. The number of aromatic amines is 1. The molecule has 33 heavy (non-hydrogen) atoms. The number of carbonyl (C=O) groups is 1. The summed E-state index contributed by atoms with van der Waals surface area (Å²) in [5, 5.41) is 18.8. The zero-order valence-corrected chi connectivity index (χ0v) is 18.0. The lowest BCUT2D eigenvalue weighted by Gasteiger charge is -2.26. The summed E-state index contributed by atoms with van der Waals surface area (Å²) in [5.41, 5.74) is 4.57. The number of nitro groups is 1. The Morgan fingerprint density at radius 1 is 1.15 bits per heavy atom. The van der Waals surface area contributed by atoms with Crippen LogP contribution < -0.4 is 0 Å². The van der Waals surface area contributed by atoms with Crippen molar-refractivity contribution in [2.45, 2.75) is 25.9 Å². The Kier molecular flexibility index (Phi) is 5.21. The first kappa shape index (κ1) is 20.6. The summed E-state index contributed by atoms with van der Waals surface area (Å²) in [6.45, 7) is 3.21. The molecule has 1 amide bonds. The van der Waals surface area contributed by atoms with Crippen LogP contribution in [0.3, 0.4) is 0 Å². The van der Waals surface area contributed by atoms with Crippen LogP contribution in [0.1, 0.15) is 39.6 Å². The molecular weight excluding hydrogens is 420 g/mol. The molecule has 0 fully saturated rings. The molecule has 1 aliphatic rings. The highest BCUT2D eigenvalue weighted by atomic mass is 16.6. The largest absolute Gasteiger partial charge is 0.337 e. The number of nitro benzene ring substituents is 1. The molecule has 4 aromatic rings. The fourth-order valence-corrected chi connectivity index (χ4v) is 4.36. The van der Waals surface area contributed by atoms with Crippen LogP contribution in [0, 0.1) is 17.0 Å². The average Bonchev–Trinajstić information content (AvgIpc) is 3.54. The molecule has 3 heterocycles. The second-order valence-corrected chi connectivity index (χ2v) is 8.13. The first-order valence-electron chi connectivity index (χ1n) is 10.7. The second-order valence-electron chi connectivity index (χ2n) is 8.13. The Bertz CT molecular complexity index is 1310. The van der Waals surface area contributed by atoms with Crippen LogP contribution in [0.2, 0.25) is 0 Å². The molecule has 0 saturated heterocycles. The minimum Gasteiger partial charge on any atom is -0.337 e. The van der Waals surface area contributed by atoms with Crippen molar-refractivity contribution in [2.75, 3.05) is 6.54 Å². The summed E-state index contributed by atoms with van der Waals surface area (Å²) in [4.78, 5) is 30.2. The van der Waals surface area contributed by atoms with Crippen LogP contribution in [0.25, 0.3) is 11.3 Å². The monoisotopic (exact) mass is 442 g/mol. The van der Waals surface area contributed by atoms with Crippen LogP contribution in [0.4, 0.5) is 5.69 Å². The number of amides is 1. The van der Waals surface area contributed by atoms with Gasteiger partial charge in [0.05, 0.1) is 23.0 Å². The Labute approximate surface area is 189 Å². The van der Waals surface area contributed by atoms with Crippen LogP contribution in [0.15, 0.2) is 67.3 Å². The van der Waals surface area contributed by atoms with Gasteiger partial charge in [0.1, 0.15) is 5.69 Å². The zero-order valence-electron chi connectivity index (χ0n) is 18.0. The fourth-order valence-electron chi connectivity index (χ4n) is 4.36. The summed E-state index contributed by atoms with van der Waals surface area (Å²) in [7, 11) is 0. The lowest BCUT2D eigenvalue weighted by atomic mass is 9.95. The molecule has 1 unspecified atom stereocenters. The van der Waals surface area contributed by atoms with Gasteiger partial charge < -0.3 is 9.47 Å². The number of carbonyl (C=O) groups excluding carboxylic acids is 1. The topological polar surface area (TPSA) is 110 Å². The summed E-state index contributed by atoms with van der Waals surface area (Å²) < 4.78 is 1.96. The van der Waals surface area contributed by atoms with E-state index >= 15 is 0 Å². The zero-order chi connectivity index (χ0) is 22.9. The number of aryl methyl sites for hydroxylation is 2. The maximum Gasteiger partial charge on any atom is 0.273 e. The van der Waals surface area contributed by atoms with Gasteiger partial charge in [0.2, 0.25) is 0 Å². The van der Waals surface area contributed by atoms with E-state index in [0.29, 0.717) is 36.5 Å². The number of fused-ring (bicyclic) bond motifs is 1. The maximum absolute atomic E-state index is 13.4. The van der Waals surface area contributed by atoms with Gasteiger partial charge in [-0.3, -0.25) is 20.0 Å². The molecule has 1 atom stereocenters. The second kappa shape index (κ2) is 8.34. The van der Waals surface area contributed by atoms with Crippen LogP contribution in [0.5, 0.6) is 0 Å². The van der Waals surface area contributed by atoms with Crippen molar-refractivity contribution in [3.63, 3.8) is 0 Å². The van der Waals surface area contributed by atoms with Gasteiger partial charge in [-0.25, -0.2) is 4.98 Å². The van der Waals surface area contributed by atoms with Gasteiger partial charge >= 0.3 is 0 Å². The summed E-state index contributed by atoms with van der Waals surface area (Å²) in [6, 6.07) is 14.0. The predicted molar refractivity (Wildman–Crippen MR) is 122 cm³/mol. The number of nitrogens with zero attached hydrogens (tertiary/aromatic N) is 5. The third kappa shape index (κ3) is 3.78. The van der Waals surface area contributed by atoms with E-state index in [1.165, 1.54) is 6.07 Å². The Morgan fingerprint density at radius 2 is 1.97 bits per heavy atom. The number of aromatic nitrogens is 4. The van der Waals surface area contributed by atoms with E-state index in [4.69, 9.17) is 0 Å². The quantitative estimate of drug-likeness (QED) is 0.342. The normalized spacial score (nSPS) is 15.1. The minimum atomic E-state index is -0.467. The van der Waals surface area contributed by atoms with Crippen LogP contribution in [-0.2, 0) is 6.54 Å². The van der Waals surface area contributed by atoms with E-state index in [0.717, 1.165) is 16.7 Å². The van der Waals surface area contributed by atoms with E-state index in [1.54, 1.807) is 29.6 Å². The lowest BCUT2D eigenvalue weighted by Crippen LogP contribution is -2.31. The lowest BCUT2D eigenvalue weighted by molar-refractivity contribution is -0.384. The van der Waals surface area contributed by atoms with E-state index in [2.05, 4.69) is 15.2 Å². The van der Waals surface area contributed by atoms with Crippen molar-refractivity contribution in [3.05, 3.63) is 99.8 Å². The van der Waals surface area contributed by atoms with Gasteiger partial charge in [-0.15, -0.1) is 0 Å². The number of nitrogens with one attached hydrogen (secondary N) is 1. The molecule has 0 saturated carbocycles. The Morgan fingerprint density at radius 3 is 2.70 bits per heavy atom. The minimum absolute atomic E-state index is 0.00727. The SMILES string of the molecule is Cc1ccc(-c2n[nH]c3c2C(c2cccc([N+](=O)[O-])c2)N(CCCn2ccnc2)C3=O)cc1. The molecule has 9 nitrogen and oxygen atoms in total. The van der Waals surface area contributed by atoms with Crippen molar-refractivity contribution < 1.29 is 9.72 Å². The van der Waals surface area contributed by atoms with Crippen molar-refractivity contribution in [1.29, 1.82) is 0 Å². The van der Waals surface area contributed by atoms with Crippen molar-refractivity contribution in [3.8, 4) is 11.3 Å². The highest BCUT2D eigenvalue weighted by Crippen LogP contribution is 2.43. The van der Waals surface area contributed by atoms with Crippen molar-refractivity contribution in [1.82, 2.24) is 24.6 Å². The smallest absolute Gasteiger partial charge is 0.273 e. The number of benzene rings is 2. The van der Waals surface area contributed by atoms with E-state index in [9.17, 15) is 14.9 Å². The fraction of sp³-hybridized carbons (Fsp3) is 0.208. The van der Waals surface area contributed by atoms with Gasteiger partial charge in [0.25, 0.3) is 11.6 Å². The van der Waals surface area contributed by atoms with Crippen molar-refractivity contribution in [2.24, 2.45) is 0 Å². The summed E-state index contributed by atoms with van der Waals surface area (Å²) in [5.74, 6) is -0.155. The molecule has 2 aromatic heterocycles. The molecule has 9 heteroatoms. The first-order chi connectivity index (χ1) is 16.0. The number of hydrogen-bond donors (Lipinski definition) is 1. The maximum atomic E-state index is 13.4. The molecule has 0 radical (unpaired) electrons. The van der Waals surface area contributed by atoms with E-state index in [-0.39, 0.29) is 11.6 Å². The Hall–Kier alpha value is -4.27. The summed E-state index contributed by atoms with van der Waals surface area (Å²) in [6.07, 6.45) is 6.06. The van der Waals surface area contributed by atoms with Gasteiger partial charge in [0.15, 0.2) is 0 Å². The molecule has 0 aliphatic carbocycles. The van der Waals surface area contributed by atoms with Gasteiger partial charge in [-0.05, 0) is 18.9 Å². The molecule has 5 rings (SSSR count). The van der Waals surface area contributed by atoms with E-state index < -0.39 is 11.0 Å². The Balaban J connectivity index is 1.56. The molecule has 0 spiro atoms. The number of imidazole rings is 1. The molecule has 1 aliphatic heterocycles.